The standard InChI is InChI=1S/C15H10F3N3S/c16-15(17,18)11-5-1-2-6-12(11)20-14-21-13(9-22-14)10-4-3-7-19-8-10/h1-9H,(H,20,21). The Hall–Kier alpha value is -2.41. The minimum Gasteiger partial charge on any atom is -0.331 e. The number of hydrogen-bond donors (Lipinski definition) is 1. The fourth-order valence-corrected chi connectivity index (χ4v) is 2.66. The van der Waals surface area contributed by atoms with Gasteiger partial charge in [-0.3, -0.25) is 4.98 Å². The van der Waals surface area contributed by atoms with Gasteiger partial charge < -0.3 is 5.32 Å². The third-order valence-electron chi connectivity index (χ3n) is 2.94. The van der Waals surface area contributed by atoms with Crippen LogP contribution in [-0.2, 0) is 6.18 Å². The smallest absolute Gasteiger partial charge is 0.331 e. The number of para-hydroxylation sites is 1. The van der Waals surface area contributed by atoms with E-state index in [1.54, 1.807) is 29.9 Å². The molecule has 1 N–H and O–H groups in total. The Bertz CT molecular complexity index is 769. The van der Waals surface area contributed by atoms with Crippen molar-refractivity contribution < 1.29 is 13.2 Å². The number of hydrogen-bond acceptors (Lipinski definition) is 4. The lowest BCUT2D eigenvalue weighted by atomic mass is 10.2. The lowest BCUT2D eigenvalue weighted by Gasteiger charge is -2.12. The molecule has 0 bridgehead atoms. The van der Waals surface area contributed by atoms with Gasteiger partial charge in [-0.25, -0.2) is 4.98 Å². The highest BCUT2D eigenvalue weighted by Crippen LogP contribution is 2.36. The summed E-state index contributed by atoms with van der Waals surface area (Å²) in [6.07, 6.45) is -1.11. The van der Waals surface area contributed by atoms with Gasteiger partial charge in [0.05, 0.1) is 16.9 Å². The van der Waals surface area contributed by atoms with E-state index in [-0.39, 0.29) is 5.69 Å². The summed E-state index contributed by atoms with van der Waals surface area (Å²) in [5, 5.41) is 4.91. The van der Waals surface area contributed by atoms with Crippen LogP contribution in [0, 0.1) is 0 Å². The molecule has 0 amide bonds. The zero-order valence-corrected chi connectivity index (χ0v) is 11.9. The largest absolute Gasteiger partial charge is 0.418 e. The molecular weight excluding hydrogens is 311 g/mol. The first kappa shape index (κ1) is 14.5. The van der Waals surface area contributed by atoms with Crippen LogP contribution in [0.5, 0.6) is 0 Å². The van der Waals surface area contributed by atoms with E-state index >= 15 is 0 Å². The maximum atomic E-state index is 13.0. The molecule has 0 unspecified atom stereocenters. The van der Waals surface area contributed by atoms with Gasteiger partial charge in [0.25, 0.3) is 0 Å². The molecule has 7 heteroatoms. The normalized spacial score (nSPS) is 11.4. The highest BCUT2D eigenvalue weighted by molar-refractivity contribution is 7.14. The molecule has 0 aliphatic carbocycles. The predicted octanol–water partition coefficient (Wildman–Crippen LogP) is 4.97. The Morgan fingerprint density at radius 2 is 1.86 bits per heavy atom. The zero-order valence-electron chi connectivity index (χ0n) is 11.1. The molecule has 112 valence electrons. The van der Waals surface area contributed by atoms with E-state index in [1.807, 2.05) is 6.07 Å². The molecule has 2 heterocycles. The Kier molecular flexibility index (Phi) is 3.81. The van der Waals surface area contributed by atoms with Crippen LogP contribution in [0.4, 0.5) is 24.0 Å². The molecule has 0 spiro atoms. The first-order valence-electron chi connectivity index (χ1n) is 6.33. The monoisotopic (exact) mass is 321 g/mol. The van der Waals surface area contributed by atoms with Crippen molar-refractivity contribution in [2.45, 2.75) is 6.18 Å². The lowest BCUT2D eigenvalue weighted by Crippen LogP contribution is -2.08. The number of anilines is 2. The second kappa shape index (κ2) is 5.76. The van der Waals surface area contributed by atoms with Gasteiger partial charge in [0, 0.05) is 23.3 Å². The van der Waals surface area contributed by atoms with E-state index in [0.29, 0.717) is 10.8 Å². The molecule has 0 aliphatic rings. The van der Waals surface area contributed by atoms with Crippen molar-refractivity contribution in [1.29, 1.82) is 0 Å². The number of thiazole rings is 1. The molecule has 0 atom stereocenters. The van der Waals surface area contributed by atoms with Crippen LogP contribution in [0.25, 0.3) is 11.3 Å². The van der Waals surface area contributed by atoms with Gasteiger partial charge in [0.15, 0.2) is 5.13 Å². The fourth-order valence-electron chi connectivity index (χ4n) is 1.93. The van der Waals surface area contributed by atoms with Crippen LogP contribution in [-0.4, -0.2) is 9.97 Å². The second-order valence-electron chi connectivity index (χ2n) is 4.45. The first-order chi connectivity index (χ1) is 10.5. The van der Waals surface area contributed by atoms with Gasteiger partial charge in [-0.1, -0.05) is 12.1 Å². The van der Waals surface area contributed by atoms with Crippen molar-refractivity contribution in [3.63, 3.8) is 0 Å². The van der Waals surface area contributed by atoms with Gasteiger partial charge in [0.2, 0.25) is 0 Å². The predicted molar refractivity (Wildman–Crippen MR) is 80.1 cm³/mol. The van der Waals surface area contributed by atoms with Crippen LogP contribution >= 0.6 is 11.3 Å². The van der Waals surface area contributed by atoms with E-state index < -0.39 is 11.7 Å². The van der Waals surface area contributed by atoms with E-state index in [1.165, 1.54) is 23.5 Å². The second-order valence-corrected chi connectivity index (χ2v) is 5.31. The van der Waals surface area contributed by atoms with Crippen LogP contribution in [0.2, 0.25) is 0 Å². The van der Waals surface area contributed by atoms with Gasteiger partial charge in [-0.05, 0) is 24.3 Å². The molecule has 3 aromatic rings. The number of pyridine rings is 1. The van der Waals surface area contributed by atoms with Crippen LogP contribution in [0.1, 0.15) is 5.56 Å². The Morgan fingerprint density at radius 1 is 1.05 bits per heavy atom. The van der Waals surface area contributed by atoms with Crippen molar-refractivity contribution in [1.82, 2.24) is 9.97 Å². The molecule has 0 aliphatic heterocycles. The highest BCUT2D eigenvalue weighted by atomic mass is 32.1. The number of benzene rings is 1. The number of nitrogens with zero attached hydrogens (tertiary/aromatic N) is 2. The minimum atomic E-state index is -4.41. The summed E-state index contributed by atoms with van der Waals surface area (Å²) in [5.41, 5.74) is 0.760. The maximum Gasteiger partial charge on any atom is 0.418 e. The number of aromatic nitrogens is 2. The third kappa shape index (κ3) is 3.09. The molecule has 0 saturated carbocycles. The molecule has 1 aromatic carbocycles. The zero-order chi connectivity index (χ0) is 15.6. The number of nitrogens with one attached hydrogen (secondary N) is 1. The fraction of sp³-hybridized carbons (Fsp3) is 0.0667. The molecular formula is C15H10F3N3S. The van der Waals surface area contributed by atoms with E-state index in [0.717, 1.165) is 11.6 Å². The number of rotatable bonds is 3. The summed E-state index contributed by atoms with van der Waals surface area (Å²) in [7, 11) is 0. The van der Waals surface area contributed by atoms with Crippen molar-refractivity contribution in [2.24, 2.45) is 0 Å². The van der Waals surface area contributed by atoms with E-state index in [9.17, 15) is 13.2 Å². The number of alkyl halides is 3. The number of halogens is 3. The molecule has 0 radical (unpaired) electrons. The molecule has 3 nitrogen and oxygen atoms in total. The average Bonchev–Trinajstić information content (AvgIpc) is 2.96. The summed E-state index contributed by atoms with van der Waals surface area (Å²) >= 11 is 1.24. The average molecular weight is 321 g/mol. The lowest BCUT2D eigenvalue weighted by molar-refractivity contribution is -0.136. The van der Waals surface area contributed by atoms with Gasteiger partial charge >= 0.3 is 6.18 Å². The minimum absolute atomic E-state index is 0.0120. The topological polar surface area (TPSA) is 37.8 Å². The SMILES string of the molecule is FC(F)(F)c1ccccc1Nc1nc(-c2cccnc2)cs1. The van der Waals surface area contributed by atoms with Crippen molar-refractivity contribution >= 4 is 22.2 Å². The maximum absolute atomic E-state index is 13.0. The molecule has 22 heavy (non-hydrogen) atoms. The van der Waals surface area contributed by atoms with Crippen molar-refractivity contribution in [3.05, 3.63) is 59.7 Å². The first-order valence-corrected chi connectivity index (χ1v) is 7.21. The highest BCUT2D eigenvalue weighted by Gasteiger charge is 2.33. The molecule has 2 aromatic heterocycles. The Morgan fingerprint density at radius 3 is 2.59 bits per heavy atom. The Labute approximate surface area is 128 Å². The van der Waals surface area contributed by atoms with Crippen LogP contribution in [0.15, 0.2) is 54.2 Å². The third-order valence-corrected chi connectivity index (χ3v) is 3.69. The summed E-state index contributed by atoms with van der Waals surface area (Å²) in [6.45, 7) is 0. The van der Waals surface area contributed by atoms with E-state index in [2.05, 4.69) is 15.3 Å². The summed E-state index contributed by atoms with van der Waals surface area (Å²) < 4.78 is 38.9. The summed E-state index contributed by atoms with van der Waals surface area (Å²) in [5.74, 6) is 0. The molecule has 3 rings (SSSR count). The molecule has 0 fully saturated rings. The van der Waals surface area contributed by atoms with Gasteiger partial charge in [-0.15, -0.1) is 11.3 Å². The quantitative estimate of drug-likeness (QED) is 0.740. The van der Waals surface area contributed by atoms with Crippen LogP contribution < -0.4 is 5.32 Å². The molecule has 0 saturated heterocycles. The summed E-state index contributed by atoms with van der Waals surface area (Å²) in [4.78, 5) is 8.30. The summed E-state index contributed by atoms with van der Waals surface area (Å²) in [6, 6.07) is 8.95. The van der Waals surface area contributed by atoms with Crippen LogP contribution in [0.3, 0.4) is 0 Å². The Balaban J connectivity index is 1.88. The van der Waals surface area contributed by atoms with Crippen molar-refractivity contribution in [3.8, 4) is 11.3 Å². The van der Waals surface area contributed by atoms with Gasteiger partial charge in [-0.2, -0.15) is 13.2 Å². The van der Waals surface area contributed by atoms with Gasteiger partial charge in [0.1, 0.15) is 0 Å². The van der Waals surface area contributed by atoms with Crippen molar-refractivity contribution in [2.75, 3.05) is 5.32 Å². The van der Waals surface area contributed by atoms with E-state index in [4.69, 9.17) is 0 Å².